The number of aryl methyl sites for hydroxylation is 1. The fourth-order valence-electron chi connectivity index (χ4n) is 1.70. The lowest BCUT2D eigenvalue weighted by molar-refractivity contribution is 0.370. The van der Waals surface area contributed by atoms with Crippen molar-refractivity contribution >= 4 is 0 Å². The monoisotopic (exact) mass is 259 g/mol. The Hall–Kier alpha value is -2.14. The maximum absolute atomic E-state index is 5.34. The van der Waals surface area contributed by atoms with Crippen LogP contribution in [0.5, 0.6) is 5.75 Å². The van der Waals surface area contributed by atoms with Crippen LogP contribution in [0.4, 0.5) is 0 Å². The lowest BCUT2D eigenvalue weighted by Crippen LogP contribution is -2.12. The van der Waals surface area contributed by atoms with Crippen molar-refractivity contribution in [2.75, 3.05) is 13.7 Å². The van der Waals surface area contributed by atoms with Gasteiger partial charge in [-0.05, 0) is 24.6 Å². The molecule has 0 aliphatic rings. The number of ether oxygens (including phenoxy) is 1. The Kier molecular flexibility index (Phi) is 4.30. The maximum Gasteiger partial charge on any atom is 0.240 e. The molecule has 5 nitrogen and oxygen atoms in total. The zero-order chi connectivity index (χ0) is 13.7. The third kappa shape index (κ3) is 3.20. The highest BCUT2D eigenvalue weighted by molar-refractivity contribution is 5.64. The fourth-order valence-corrected chi connectivity index (χ4v) is 1.70. The van der Waals surface area contributed by atoms with Gasteiger partial charge in [-0.2, -0.15) is 4.98 Å². The van der Waals surface area contributed by atoms with Gasteiger partial charge in [0.05, 0.1) is 19.2 Å². The van der Waals surface area contributed by atoms with Crippen molar-refractivity contribution in [2.45, 2.75) is 13.5 Å². The van der Waals surface area contributed by atoms with Crippen molar-refractivity contribution in [2.24, 2.45) is 0 Å². The minimum absolute atomic E-state index is 0.521. The van der Waals surface area contributed by atoms with Crippen LogP contribution in [0.15, 0.2) is 35.4 Å². The number of benzene rings is 1. The van der Waals surface area contributed by atoms with E-state index >= 15 is 0 Å². The molecule has 1 aromatic carbocycles. The molecule has 100 valence electrons. The second-order valence-electron chi connectivity index (χ2n) is 4.14. The second-order valence-corrected chi connectivity index (χ2v) is 4.14. The van der Waals surface area contributed by atoms with Crippen LogP contribution in [0.25, 0.3) is 11.4 Å². The van der Waals surface area contributed by atoms with Gasteiger partial charge < -0.3 is 14.6 Å². The quantitative estimate of drug-likeness (QED) is 0.637. The zero-order valence-electron chi connectivity index (χ0n) is 11.1. The summed E-state index contributed by atoms with van der Waals surface area (Å²) in [5.74, 6) is 1.82. The highest BCUT2D eigenvalue weighted by Crippen LogP contribution is 2.28. The molecule has 1 N–H and O–H groups in total. The van der Waals surface area contributed by atoms with Crippen molar-refractivity contribution in [3.8, 4) is 17.1 Å². The average molecular weight is 259 g/mol. The van der Waals surface area contributed by atoms with E-state index in [9.17, 15) is 0 Å². The Balaban J connectivity index is 2.20. The molecular formula is C14H17N3O2. The van der Waals surface area contributed by atoms with Crippen molar-refractivity contribution in [3.05, 3.63) is 42.3 Å². The summed E-state index contributed by atoms with van der Waals surface area (Å²) >= 11 is 0. The van der Waals surface area contributed by atoms with Gasteiger partial charge in [0.1, 0.15) is 5.75 Å². The van der Waals surface area contributed by atoms with Crippen LogP contribution >= 0.6 is 0 Å². The van der Waals surface area contributed by atoms with Crippen LogP contribution in [-0.4, -0.2) is 23.8 Å². The summed E-state index contributed by atoms with van der Waals surface area (Å²) in [6.45, 7) is 6.86. The van der Waals surface area contributed by atoms with E-state index in [0.717, 1.165) is 16.9 Å². The molecule has 2 aromatic rings. The molecule has 0 saturated carbocycles. The molecule has 0 aliphatic heterocycles. The fraction of sp³-hybridized carbons (Fsp3) is 0.286. The summed E-state index contributed by atoms with van der Waals surface area (Å²) in [5.41, 5.74) is 1.95. The molecule has 2 rings (SSSR count). The predicted octanol–water partition coefficient (Wildman–Crippen LogP) is 2.33. The SMILES string of the molecule is C=CCNCc1nc(-c2ccc(C)cc2OC)no1. The highest BCUT2D eigenvalue weighted by Gasteiger charge is 2.13. The summed E-state index contributed by atoms with van der Waals surface area (Å²) in [6.07, 6.45) is 1.78. The summed E-state index contributed by atoms with van der Waals surface area (Å²) in [6, 6.07) is 5.87. The Bertz CT molecular complexity index is 564. The van der Waals surface area contributed by atoms with Gasteiger partial charge in [0, 0.05) is 6.54 Å². The van der Waals surface area contributed by atoms with Gasteiger partial charge in [0.15, 0.2) is 0 Å². The first-order valence-corrected chi connectivity index (χ1v) is 6.04. The standard InChI is InChI=1S/C14H17N3O2/c1-4-7-15-9-13-16-14(17-19-13)11-6-5-10(2)8-12(11)18-3/h4-6,8,15H,1,7,9H2,2-3H3. The summed E-state index contributed by atoms with van der Waals surface area (Å²) in [5, 5.41) is 7.08. The van der Waals surface area contributed by atoms with Gasteiger partial charge in [0.2, 0.25) is 11.7 Å². The molecule has 5 heteroatoms. The Labute approximate surface area is 112 Å². The van der Waals surface area contributed by atoms with Crippen molar-refractivity contribution in [1.82, 2.24) is 15.5 Å². The molecule has 0 bridgehead atoms. The Morgan fingerprint density at radius 1 is 1.47 bits per heavy atom. The lowest BCUT2D eigenvalue weighted by atomic mass is 10.1. The van der Waals surface area contributed by atoms with Crippen molar-refractivity contribution < 1.29 is 9.26 Å². The first-order chi connectivity index (χ1) is 9.24. The van der Waals surface area contributed by atoms with Gasteiger partial charge in [-0.25, -0.2) is 0 Å². The average Bonchev–Trinajstić information content (AvgIpc) is 2.87. The number of nitrogens with one attached hydrogen (secondary N) is 1. The topological polar surface area (TPSA) is 60.2 Å². The minimum atomic E-state index is 0.521. The molecule has 0 aliphatic carbocycles. The molecule has 0 saturated heterocycles. The van der Waals surface area contributed by atoms with E-state index in [1.165, 1.54) is 0 Å². The zero-order valence-corrected chi connectivity index (χ0v) is 11.1. The highest BCUT2D eigenvalue weighted by atomic mass is 16.5. The van der Waals surface area contributed by atoms with Crippen LogP contribution in [0, 0.1) is 6.92 Å². The number of hydrogen-bond acceptors (Lipinski definition) is 5. The van der Waals surface area contributed by atoms with E-state index in [2.05, 4.69) is 22.0 Å². The van der Waals surface area contributed by atoms with E-state index in [0.29, 0.717) is 24.8 Å². The van der Waals surface area contributed by atoms with Gasteiger partial charge in [-0.3, -0.25) is 0 Å². The Morgan fingerprint density at radius 2 is 2.32 bits per heavy atom. The third-order valence-electron chi connectivity index (χ3n) is 2.63. The number of nitrogens with zero attached hydrogens (tertiary/aromatic N) is 2. The molecular weight excluding hydrogens is 242 g/mol. The number of methoxy groups -OCH3 is 1. The molecule has 19 heavy (non-hydrogen) atoms. The van der Waals surface area contributed by atoms with Crippen molar-refractivity contribution in [1.29, 1.82) is 0 Å². The van der Waals surface area contributed by atoms with Crippen LogP contribution in [0.2, 0.25) is 0 Å². The van der Waals surface area contributed by atoms with E-state index in [-0.39, 0.29) is 0 Å². The largest absolute Gasteiger partial charge is 0.496 e. The predicted molar refractivity (Wildman–Crippen MR) is 72.9 cm³/mol. The minimum Gasteiger partial charge on any atom is -0.496 e. The summed E-state index contributed by atoms with van der Waals surface area (Å²) in [4.78, 5) is 4.34. The third-order valence-corrected chi connectivity index (χ3v) is 2.63. The smallest absolute Gasteiger partial charge is 0.240 e. The maximum atomic E-state index is 5.34. The molecule has 0 fully saturated rings. The van der Waals surface area contributed by atoms with Crippen LogP contribution in [0.1, 0.15) is 11.5 Å². The second kappa shape index (κ2) is 6.15. The first-order valence-electron chi connectivity index (χ1n) is 6.04. The molecule has 1 aromatic heterocycles. The van der Waals surface area contributed by atoms with Gasteiger partial charge in [-0.15, -0.1) is 6.58 Å². The van der Waals surface area contributed by atoms with E-state index < -0.39 is 0 Å². The lowest BCUT2D eigenvalue weighted by Gasteiger charge is -2.05. The van der Waals surface area contributed by atoms with E-state index in [1.54, 1.807) is 13.2 Å². The Morgan fingerprint density at radius 3 is 3.05 bits per heavy atom. The number of hydrogen-bond donors (Lipinski definition) is 1. The van der Waals surface area contributed by atoms with Gasteiger partial charge in [0.25, 0.3) is 0 Å². The van der Waals surface area contributed by atoms with E-state index in [4.69, 9.17) is 9.26 Å². The van der Waals surface area contributed by atoms with Gasteiger partial charge >= 0.3 is 0 Å². The molecule has 0 unspecified atom stereocenters. The van der Waals surface area contributed by atoms with Crippen LogP contribution in [0.3, 0.4) is 0 Å². The first kappa shape index (κ1) is 13.3. The summed E-state index contributed by atoms with van der Waals surface area (Å²) < 4.78 is 10.5. The van der Waals surface area contributed by atoms with Crippen molar-refractivity contribution in [3.63, 3.8) is 0 Å². The van der Waals surface area contributed by atoms with Crippen LogP contribution in [-0.2, 0) is 6.54 Å². The molecule has 0 spiro atoms. The summed E-state index contributed by atoms with van der Waals surface area (Å²) in [7, 11) is 1.63. The normalized spacial score (nSPS) is 10.4. The number of aromatic nitrogens is 2. The number of rotatable bonds is 6. The van der Waals surface area contributed by atoms with Crippen LogP contribution < -0.4 is 10.1 Å². The van der Waals surface area contributed by atoms with E-state index in [1.807, 2.05) is 25.1 Å². The van der Waals surface area contributed by atoms with Gasteiger partial charge in [-0.1, -0.05) is 17.3 Å². The molecule has 0 amide bonds. The molecule has 1 heterocycles. The molecule has 0 atom stereocenters. The molecule has 0 radical (unpaired) electrons.